The van der Waals surface area contributed by atoms with E-state index in [1.165, 1.54) is 18.2 Å². The van der Waals surface area contributed by atoms with E-state index in [-0.39, 0.29) is 23.8 Å². The van der Waals surface area contributed by atoms with Gasteiger partial charge in [0.25, 0.3) is 5.56 Å². The summed E-state index contributed by atoms with van der Waals surface area (Å²) in [6.45, 7) is 2.41. The van der Waals surface area contributed by atoms with Gasteiger partial charge in [-0.1, -0.05) is 0 Å². The molecule has 0 saturated carbocycles. The minimum Gasteiger partial charge on any atom is -0.497 e. The Labute approximate surface area is 179 Å². The minimum absolute atomic E-state index is 0.129. The van der Waals surface area contributed by atoms with Gasteiger partial charge in [0.05, 0.1) is 12.8 Å². The highest BCUT2D eigenvalue weighted by molar-refractivity contribution is 5.76. The number of ether oxygens (including phenoxy) is 1. The van der Waals surface area contributed by atoms with Crippen LogP contribution < -0.4 is 15.2 Å². The monoisotopic (exact) mass is 422 g/mol. The molecule has 0 radical (unpaired) electrons. The molecule has 4 rings (SSSR count). The lowest BCUT2D eigenvalue weighted by Gasteiger charge is -2.36. The molecule has 1 fully saturated rings. The molecule has 7 nitrogen and oxygen atoms in total. The summed E-state index contributed by atoms with van der Waals surface area (Å²) in [5.74, 6) is 0.305. The summed E-state index contributed by atoms with van der Waals surface area (Å²) in [4.78, 5) is 29.0. The quantitative estimate of drug-likeness (QED) is 0.632. The van der Waals surface area contributed by atoms with Crippen LogP contribution in [0.3, 0.4) is 0 Å². The van der Waals surface area contributed by atoms with Crippen molar-refractivity contribution in [2.24, 2.45) is 0 Å². The van der Waals surface area contributed by atoms with Gasteiger partial charge in [0, 0.05) is 43.5 Å². The fourth-order valence-electron chi connectivity index (χ4n) is 3.57. The smallest absolute Gasteiger partial charge is 0.267 e. The minimum atomic E-state index is -0.351. The van der Waals surface area contributed by atoms with E-state index < -0.39 is 0 Å². The first kappa shape index (κ1) is 20.6. The van der Waals surface area contributed by atoms with Gasteiger partial charge in [-0.05, 0) is 54.6 Å². The maximum atomic E-state index is 13.2. The average molecular weight is 422 g/mol. The van der Waals surface area contributed by atoms with Crippen LogP contribution >= 0.6 is 0 Å². The zero-order valence-corrected chi connectivity index (χ0v) is 17.2. The maximum Gasteiger partial charge on any atom is 0.267 e. The first-order chi connectivity index (χ1) is 15.0. The number of hydrogen-bond acceptors (Lipinski definition) is 5. The van der Waals surface area contributed by atoms with Gasteiger partial charge in [0.15, 0.2) is 0 Å². The summed E-state index contributed by atoms with van der Waals surface area (Å²) in [6.07, 6.45) is 0. The van der Waals surface area contributed by atoms with E-state index in [9.17, 15) is 14.0 Å². The zero-order chi connectivity index (χ0) is 21.8. The molecule has 0 N–H and O–H groups in total. The van der Waals surface area contributed by atoms with Crippen LogP contribution in [0.5, 0.6) is 5.75 Å². The van der Waals surface area contributed by atoms with Crippen molar-refractivity contribution < 1.29 is 13.9 Å². The van der Waals surface area contributed by atoms with Crippen LogP contribution in [0.15, 0.2) is 65.5 Å². The highest BCUT2D eigenvalue weighted by Crippen LogP contribution is 2.20. The van der Waals surface area contributed by atoms with Gasteiger partial charge >= 0.3 is 0 Å². The van der Waals surface area contributed by atoms with Crippen LogP contribution in [0.2, 0.25) is 0 Å². The Morgan fingerprint density at radius 2 is 1.65 bits per heavy atom. The van der Waals surface area contributed by atoms with Crippen molar-refractivity contribution in [3.63, 3.8) is 0 Å². The number of piperazine rings is 1. The molecule has 1 amide bonds. The second kappa shape index (κ2) is 8.99. The maximum absolute atomic E-state index is 13.2. The fourth-order valence-corrected chi connectivity index (χ4v) is 3.57. The van der Waals surface area contributed by atoms with Crippen LogP contribution in [0.4, 0.5) is 10.1 Å². The van der Waals surface area contributed by atoms with Gasteiger partial charge < -0.3 is 14.5 Å². The number of hydrogen-bond donors (Lipinski definition) is 0. The molecule has 31 heavy (non-hydrogen) atoms. The molecule has 1 saturated heterocycles. The van der Waals surface area contributed by atoms with Crippen molar-refractivity contribution in [3.8, 4) is 17.0 Å². The van der Waals surface area contributed by atoms with E-state index in [0.29, 0.717) is 37.4 Å². The van der Waals surface area contributed by atoms with Gasteiger partial charge in [-0.15, -0.1) is 0 Å². The molecular weight excluding hydrogens is 399 g/mol. The average Bonchev–Trinajstić information content (AvgIpc) is 2.81. The molecule has 2 aromatic carbocycles. The van der Waals surface area contributed by atoms with Crippen molar-refractivity contribution in [2.45, 2.75) is 6.54 Å². The number of halogens is 1. The summed E-state index contributed by atoms with van der Waals surface area (Å²) < 4.78 is 19.5. The summed E-state index contributed by atoms with van der Waals surface area (Å²) in [6, 6.07) is 16.6. The van der Waals surface area contributed by atoms with Crippen molar-refractivity contribution in [1.82, 2.24) is 14.7 Å². The lowest BCUT2D eigenvalue weighted by molar-refractivity contribution is -0.132. The second-order valence-electron chi connectivity index (χ2n) is 7.29. The summed E-state index contributed by atoms with van der Waals surface area (Å²) >= 11 is 0. The number of anilines is 1. The molecule has 0 unspecified atom stereocenters. The summed E-state index contributed by atoms with van der Waals surface area (Å²) in [5, 5.41) is 4.30. The van der Waals surface area contributed by atoms with Gasteiger partial charge in [-0.2, -0.15) is 5.10 Å². The molecule has 0 spiro atoms. The van der Waals surface area contributed by atoms with E-state index in [1.807, 2.05) is 24.3 Å². The first-order valence-corrected chi connectivity index (χ1v) is 10.0. The van der Waals surface area contributed by atoms with E-state index in [1.54, 1.807) is 30.2 Å². The summed E-state index contributed by atoms with van der Waals surface area (Å²) in [7, 11) is 1.63. The Morgan fingerprint density at radius 1 is 0.968 bits per heavy atom. The first-order valence-electron chi connectivity index (χ1n) is 10.0. The van der Waals surface area contributed by atoms with Gasteiger partial charge in [-0.25, -0.2) is 9.07 Å². The lowest BCUT2D eigenvalue weighted by atomic mass is 10.1. The highest BCUT2D eigenvalue weighted by Gasteiger charge is 2.22. The number of carbonyl (C=O) groups is 1. The topological polar surface area (TPSA) is 67.7 Å². The number of rotatable bonds is 5. The molecule has 1 aliphatic heterocycles. The van der Waals surface area contributed by atoms with Crippen molar-refractivity contribution >= 4 is 11.6 Å². The molecule has 0 atom stereocenters. The molecule has 2 heterocycles. The van der Waals surface area contributed by atoms with Crippen LogP contribution in [0.1, 0.15) is 0 Å². The highest BCUT2D eigenvalue weighted by atomic mass is 19.1. The second-order valence-corrected chi connectivity index (χ2v) is 7.29. The van der Waals surface area contributed by atoms with Crippen LogP contribution in [-0.4, -0.2) is 53.9 Å². The molecule has 1 aromatic heterocycles. The van der Waals surface area contributed by atoms with Crippen molar-refractivity contribution in [2.75, 3.05) is 38.2 Å². The third-order valence-electron chi connectivity index (χ3n) is 5.36. The van der Waals surface area contributed by atoms with E-state index in [0.717, 1.165) is 16.1 Å². The molecule has 0 aliphatic carbocycles. The molecule has 3 aromatic rings. The van der Waals surface area contributed by atoms with E-state index in [2.05, 4.69) is 10.00 Å². The van der Waals surface area contributed by atoms with Gasteiger partial charge in [0.1, 0.15) is 18.1 Å². The van der Waals surface area contributed by atoms with Crippen LogP contribution in [0, 0.1) is 5.82 Å². The predicted molar refractivity (Wildman–Crippen MR) is 116 cm³/mol. The third kappa shape index (κ3) is 4.74. The van der Waals surface area contributed by atoms with Gasteiger partial charge in [0.2, 0.25) is 5.91 Å². The SMILES string of the molecule is COc1ccc(N2CCN(C(=O)Cn3nc(-c4ccc(F)cc4)ccc3=O)CC2)cc1. The van der Waals surface area contributed by atoms with Crippen molar-refractivity contribution in [3.05, 3.63) is 76.8 Å². The molecule has 1 aliphatic rings. The van der Waals surface area contributed by atoms with Crippen molar-refractivity contribution in [1.29, 1.82) is 0 Å². The number of methoxy groups -OCH3 is 1. The lowest BCUT2D eigenvalue weighted by Crippen LogP contribution is -2.50. The molecular formula is C23H23FN4O3. The Balaban J connectivity index is 1.40. The third-order valence-corrected chi connectivity index (χ3v) is 5.36. The summed E-state index contributed by atoms with van der Waals surface area (Å²) in [5.41, 5.74) is 1.92. The molecule has 0 bridgehead atoms. The standard InChI is InChI=1S/C23H23FN4O3/c1-31-20-8-6-19(7-9-20)26-12-14-27(15-13-26)23(30)16-28-22(29)11-10-21(25-28)17-2-4-18(24)5-3-17/h2-11H,12-16H2,1H3. The molecule has 8 heteroatoms. The number of carbonyl (C=O) groups excluding carboxylic acids is 1. The zero-order valence-electron chi connectivity index (χ0n) is 17.2. The Kier molecular flexibility index (Phi) is 5.97. The Bertz CT molecular complexity index is 1100. The largest absolute Gasteiger partial charge is 0.497 e. The number of nitrogens with zero attached hydrogens (tertiary/aromatic N) is 4. The Morgan fingerprint density at radius 3 is 2.29 bits per heavy atom. The number of aromatic nitrogens is 2. The normalized spacial score (nSPS) is 13.9. The number of benzene rings is 2. The van der Waals surface area contributed by atoms with E-state index in [4.69, 9.17) is 4.74 Å². The van der Waals surface area contributed by atoms with Crippen LogP contribution in [-0.2, 0) is 11.3 Å². The van der Waals surface area contributed by atoms with Gasteiger partial charge in [-0.3, -0.25) is 9.59 Å². The fraction of sp³-hybridized carbons (Fsp3) is 0.261. The van der Waals surface area contributed by atoms with Crippen LogP contribution in [0.25, 0.3) is 11.3 Å². The predicted octanol–water partition coefficient (Wildman–Crippen LogP) is 2.41. The molecule has 160 valence electrons. The van der Waals surface area contributed by atoms with E-state index >= 15 is 0 Å². The number of amides is 1. The Hall–Kier alpha value is -3.68.